The van der Waals surface area contributed by atoms with Gasteiger partial charge in [0.05, 0.1) is 6.61 Å². The van der Waals surface area contributed by atoms with Crippen molar-refractivity contribution in [1.82, 2.24) is 4.98 Å². The molecule has 2 fully saturated rings. The molecule has 3 heterocycles. The van der Waals surface area contributed by atoms with Gasteiger partial charge in [-0.15, -0.1) is 0 Å². The van der Waals surface area contributed by atoms with E-state index < -0.39 is 5.97 Å². The van der Waals surface area contributed by atoms with Gasteiger partial charge in [-0.2, -0.15) is 0 Å². The third kappa shape index (κ3) is 3.54. The van der Waals surface area contributed by atoms with E-state index in [-0.39, 0.29) is 11.8 Å². The van der Waals surface area contributed by atoms with Gasteiger partial charge in [-0.25, -0.2) is 9.78 Å². The maximum atomic E-state index is 12.4. The molecule has 25 heavy (non-hydrogen) atoms. The van der Waals surface area contributed by atoms with E-state index in [1.54, 1.807) is 0 Å². The molecule has 0 N–H and O–H groups in total. The topological polar surface area (TPSA) is 64.8 Å². The van der Waals surface area contributed by atoms with Crippen LogP contribution in [0.1, 0.15) is 41.6 Å². The van der Waals surface area contributed by atoms with E-state index in [1.165, 1.54) is 12.1 Å². The van der Waals surface area contributed by atoms with Crippen LogP contribution in [0, 0.1) is 5.92 Å². The first kappa shape index (κ1) is 16.1. The Kier molecular flexibility index (Phi) is 4.70. The summed E-state index contributed by atoms with van der Waals surface area (Å²) < 4.78 is 16.5. The molecule has 0 spiro atoms. The Bertz CT molecular complexity index is 709. The van der Waals surface area contributed by atoms with Crippen LogP contribution in [0.15, 0.2) is 41.1 Å². The van der Waals surface area contributed by atoms with Gasteiger partial charge >= 0.3 is 5.97 Å². The summed E-state index contributed by atoms with van der Waals surface area (Å²) in [7, 11) is 0. The smallest absolute Gasteiger partial charge is 0.360 e. The molecule has 0 radical (unpaired) electrons. The molecule has 0 unspecified atom stereocenters. The highest BCUT2D eigenvalue weighted by atomic mass is 16.5. The highest BCUT2D eigenvalue weighted by Crippen LogP contribution is 2.31. The average Bonchev–Trinajstić information content (AvgIpc) is 3.41. The molecule has 4 rings (SSSR count). The van der Waals surface area contributed by atoms with Crippen LogP contribution in [-0.2, 0) is 9.47 Å². The maximum absolute atomic E-state index is 12.4. The Balaban J connectivity index is 1.32. The van der Waals surface area contributed by atoms with Gasteiger partial charge in [0.15, 0.2) is 17.8 Å². The number of aromatic nitrogens is 1. The lowest BCUT2D eigenvalue weighted by Gasteiger charge is -2.18. The van der Waals surface area contributed by atoms with Crippen molar-refractivity contribution in [3.8, 4) is 0 Å². The second-order valence-electron chi connectivity index (χ2n) is 6.60. The van der Waals surface area contributed by atoms with Crippen molar-refractivity contribution in [3.05, 3.63) is 48.2 Å². The first-order chi connectivity index (χ1) is 12.3. The van der Waals surface area contributed by atoms with Crippen LogP contribution in [-0.4, -0.2) is 37.3 Å². The molecule has 1 aromatic heterocycles. The van der Waals surface area contributed by atoms with Crippen LogP contribution in [0.4, 0.5) is 5.69 Å². The largest absolute Gasteiger partial charge is 0.461 e. The number of nitrogens with zero attached hydrogens (tertiary/aromatic N) is 2. The Morgan fingerprint density at radius 3 is 2.96 bits per heavy atom. The second-order valence-corrected chi connectivity index (χ2v) is 6.60. The summed E-state index contributed by atoms with van der Waals surface area (Å²) >= 11 is 0. The standard InChI is InChI=1S/C19H22N2O4/c22-19(17-18(25-13-20-17)16-7-4-10-23-16)24-12-14-8-9-21(11-14)15-5-2-1-3-6-15/h1-3,5-6,13-14,16H,4,7-12H2/t14-,16+/m0/s1. The van der Waals surface area contributed by atoms with E-state index in [4.69, 9.17) is 13.9 Å². The number of para-hydroxylation sites is 1. The van der Waals surface area contributed by atoms with Crippen LogP contribution >= 0.6 is 0 Å². The van der Waals surface area contributed by atoms with Gasteiger partial charge < -0.3 is 18.8 Å². The molecule has 6 nitrogen and oxygen atoms in total. The number of carbonyl (C=O) groups excluding carboxylic acids is 1. The first-order valence-electron chi connectivity index (χ1n) is 8.83. The molecular formula is C19H22N2O4. The van der Waals surface area contributed by atoms with E-state index in [1.807, 2.05) is 18.2 Å². The maximum Gasteiger partial charge on any atom is 0.360 e. The molecule has 0 saturated carbocycles. The zero-order valence-electron chi connectivity index (χ0n) is 14.1. The number of rotatable bonds is 5. The molecule has 0 amide bonds. The lowest BCUT2D eigenvalue weighted by molar-refractivity contribution is 0.0426. The average molecular weight is 342 g/mol. The zero-order valence-corrected chi connectivity index (χ0v) is 14.1. The quantitative estimate of drug-likeness (QED) is 0.778. The van der Waals surface area contributed by atoms with Crippen LogP contribution in [0.2, 0.25) is 0 Å². The fraction of sp³-hybridized carbons (Fsp3) is 0.474. The highest BCUT2D eigenvalue weighted by Gasteiger charge is 2.30. The normalized spacial score (nSPS) is 23.1. The summed E-state index contributed by atoms with van der Waals surface area (Å²) in [6.07, 6.45) is 3.95. The Morgan fingerprint density at radius 2 is 2.16 bits per heavy atom. The zero-order chi connectivity index (χ0) is 17.1. The lowest BCUT2D eigenvalue weighted by Crippen LogP contribution is -2.22. The van der Waals surface area contributed by atoms with Gasteiger partial charge in [-0.3, -0.25) is 0 Å². The number of benzene rings is 1. The predicted molar refractivity (Wildman–Crippen MR) is 91.5 cm³/mol. The molecule has 6 heteroatoms. The van der Waals surface area contributed by atoms with Gasteiger partial charge in [0.25, 0.3) is 0 Å². The number of carbonyl (C=O) groups is 1. The molecule has 2 aromatic rings. The van der Waals surface area contributed by atoms with Crippen LogP contribution in [0.25, 0.3) is 0 Å². The minimum absolute atomic E-state index is 0.176. The molecule has 2 saturated heterocycles. The summed E-state index contributed by atoms with van der Waals surface area (Å²) in [6.45, 7) is 2.98. The molecule has 2 atom stereocenters. The Hall–Kier alpha value is -2.34. The summed E-state index contributed by atoms with van der Waals surface area (Å²) in [5.74, 6) is 0.416. The minimum Gasteiger partial charge on any atom is -0.461 e. The van der Waals surface area contributed by atoms with Gasteiger partial charge in [-0.05, 0) is 31.4 Å². The third-order valence-corrected chi connectivity index (χ3v) is 4.87. The van der Waals surface area contributed by atoms with Gasteiger partial charge in [0, 0.05) is 31.3 Å². The van der Waals surface area contributed by atoms with Gasteiger partial charge in [0.2, 0.25) is 0 Å². The number of hydrogen-bond donors (Lipinski definition) is 0. The summed E-state index contributed by atoms with van der Waals surface area (Å²) in [4.78, 5) is 18.7. The number of anilines is 1. The van der Waals surface area contributed by atoms with E-state index in [0.29, 0.717) is 24.9 Å². The fourth-order valence-corrected chi connectivity index (χ4v) is 3.53. The molecule has 0 aliphatic carbocycles. The SMILES string of the molecule is O=C(OC[C@H]1CCN(c2ccccc2)C1)c1ncoc1[C@H]1CCCO1. The van der Waals surface area contributed by atoms with Crippen molar-refractivity contribution < 1.29 is 18.7 Å². The van der Waals surface area contributed by atoms with Crippen molar-refractivity contribution in [2.75, 3.05) is 31.2 Å². The van der Waals surface area contributed by atoms with Crippen LogP contribution < -0.4 is 4.90 Å². The number of oxazole rings is 1. The number of ether oxygens (including phenoxy) is 2. The van der Waals surface area contributed by atoms with Crippen LogP contribution in [0.5, 0.6) is 0 Å². The first-order valence-corrected chi connectivity index (χ1v) is 8.83. The van der Waals surface area contributed by atoms with Gasteiger partial charge in [0.1, 0.15) is 6.10 Å². The fourth-order valence-electron chi connectivity index (χ4n) is 3.53. The molecule has 1 aromatic carbocycles. The minimum atomic E-state index is -0.419. The summed E-state index contributed by atoms with van der Waals surface area (Å²) in [5, 5.41) is 0. The van der Waals surface area contributed by atoms with Crippen LogP contribution in [0.3, 0.4) is 0 Å². The van der Waals surface area contributed by atoms with Crippen molar-refractivity contribution in [2.45, 2.75) is 25.4 Å². The number of hydrogen-bond acceptors (Lipinski definition) is 6. The van der Waals surface area contributed by atoms with Crippen molar-refractivity contribution in [1.29, 1.82) is 0 Å². The van der Waals surface area contributed by atoms with E-state index in [9.17, 15) is 4.79 Å². The summed E-state index contributed by atoms with van der Waals surface area (Å²) in [6, 6.07) is 10.3. The molecular weight excluding hydrogens is 320 g/mol. The Morgan fingerprint density at radius 1 is 1.28 bits per heavy atom. The monoisotopic (exact) mass is 342 g/mol. The lowest BCUT2D eigenvalue weighted by atomic mass is 10.1. The van der Waals surface area contributed by atoms with Gasteiger partial charge in [-0.1, -0.05) is 18.2 Å². The molecule has 132 valence electrons. The predicted octanol–water partition coefficient (Wildman–Crippen LogP) is 3.21. The van der Waals surface area contributed by atoms with E-state index in [0.717, 1.165) is 32.4 Å². The molecule has 2 aliphatic heterocycles. The molecule has 2 aliphatic rings. The second kappa shape index (κ2) is 7.27. The Labute approximate surface area is 146 Å². The van der Waals surface area contributed by atoms with E-state index in [2.05, 4.69) is 22.0 Å². The van der Waals surface area contributed by atoms with Crippen molar-refractivity contribution in [2.24, 2.45) is 5.92 Å². The van der Waals surface area contributed by atoms with Crippen molar-refractivity contribution >= 4 is 11.7 Å². The van der Waals surface area contributed by atoms with Crippen molar-refractivity contribution in [3.63, 3.8) is 0 Å². The highest BCUT2D eigenvalue weighted by molar-refractivity contribution is 5.88. The molecule has 0 bridgehead atoms. The van der Waals surface area contributed by atoms with E-state index >= 15 is 0 Å². The third-order valence-electron chi connectivity index (χ3n) is 4.87. The summed E-state index contributed by atoms with van der Waals surface area (Å²) in [5.41, 5.74) is 1.47. The number of esters is 1.